The van der Waals surface area contributed by atoms with Crippen LogP contribution in [0.25, 0.3) is 0 Å². The molecular weight excluding hydrogens is 186 g/mol. The van der Waals surface area contributed by atoms with Crippen LogP contribution in [0.5, 0.6) is 0 Å². The monoisotopic (exact) mass is 196 g/mol. The maximum absolute atomic E-state index is 5.91. The molecule has 0 heterocycles. The van der Waals surface area contributed by atoms with Gasteiger partial charge in [-0.25, -0.2) is 0 Å². The van der Waals surface area contributed by atoms with E-state index < -0.39 is 6.63 Å². The maximum Gasteiger partial charge on any atom is 0.0889 e. The second-order valence-corrected chi connectivity index (χ2v) is 7.39. The van der Waals surface area contributed by atoms with Gasteiger partial charge < -0.3 is 0 Å². The van der Waals surface area contributed by atoms with Gasteiger partial charge in [-0.2, -0.15) is 0 Å². The minimum atomic E-state index is -0.672. The van der Waals surface area contributed by atoms with Crippen molar-refractivity contribution >= 4 is 29.1 Å². The molecule has 2 aliphatic carbocycles. The summed E-state index contributed by atoms with van der Waals surface area (Å²) in [7, 11) is 0. The summed E-state index contributed by atoms with van der Waals surface area (Å²) in [6.07, 6.45) is 5.58. The molecule has 3 atom stereocenters. The molecule has 0 saturated heterocycles. The predicted molar refractivity (Wildman–Crippen MR) is 47.9 cm³/mol. The van der Waals surface area contributed by atoms with Crippen LogP contribution in [-0.4, -0.2) is 5.66 Å². The van der Waals surface area contributed by atoms with E-state index in [-0.39, 0.29) is 0 Å². The van der Waals surface area contributed by atoms with Gasteiger partial charge in [-0.3, -0.25) is 0 Å². The Morgan fingerprint density at radius 3 is 2.20 bits per heavy atom. The third kappa shape index (κ3) is 1.19. The van der Waals surface area contributed by atoms with E-state index >= 15 is 0 Å². The van der Waals surface area contributed by atoms with Gasteiger partial charge in [0.2, 0.25) is 0 Å². The number of rotatable bonds is 1. The lowest BCUT2D eigenvalue weighted by atomic mass is 10.0. The van der Waals surface area contributed by atoms with Gasteiger partial charge in [-0.1, -0.05) is 28.9 Å². The van der Waals surface area contributed by atoms with Crippen LogP contribution in [0.4, 0.5) is 0 Å². The summed E-state index contributed by atoms with van der Waals surface area (Å²) in [5, 5.41) is 0. The smallest absolute Gasteiger partial charge is 0.0778 e. The molecule has 2 rings (SSSR count). The molecule has 0 spiro atoms. The van der Waals surface area contributed by atoms with Gasteiger partial charge >= 0.3 is 0 Å². The molecule has 0 aromatic heterocycles. The zero-order valence-electron chi connectivity index (χ0n) is 5.76. The summed E-state index contributed by atoms with van der Waals surface area (Å²) in [5.41, 5.74) is 0.692. The molecule has 2 bridgehead atoms. The fraction of sp³-hybridized carbons (Fsp3) is 1.00. The summed E-state index contributed by atoms with van der Waals surface area (Å²) in [4.78, 5) is 0. The van der Waals surface area contributed by atoms with Crippen LogP contribution in [0.1, 0.15) is 25.7 Å². The first kappa shape index (κ1) is 7.65. The molecule has 2 saturated carbocycles. The molecular formula is C7H11Cl2P. The van der Waals surface area contributed by atoms with Crippen molar-refractivity contribution < 1.29 is 0 Å². The average Bonchev–Trinajstić information content (AvgIpc) is 2.44. The number of halogens is 2. The van der Waals surface area contributed by atoms with Crippen molar-refractivity contribution in [3.8, 4) is 0 Å². The SMILES string of the molecule is ClP(Cl)[C@@H]1C[C@@H]2CC[C@H]1C2. The summed E-state index contributed by atoms with van der Waals surface area (Å²) < 4.78 is 0. The Morgan fingerprint density at radius 1 is 1.10 bits per heavy atom. The van der Waals surface area contributed by atoms with Crippen LogP contribution < -0.4 is 0 Å². The zero-order valence-corrected chi connectivity index (χ0v) is 8.17. The van der Waals surface area contributed by atoms with Gasteiger partial charge in [-0.05, 0) is 31.1 Å². The lowest BCUT2D eigenvalue weighted by Gasteiger charge is -2.21. The van der Waals surface area contributed by atoms with E-state index in [1.54, 1.807) is 0 Å². The van der Waals surface area contributed by atoms with E-state index in [0.29, 0.717) is 5.66 Å². The molecule has 10 heavy (non-hydrogen) atoms. The Bertz CT molecular complexity index is 138. The lowest BCUT2D eigenvalue weighted by molar-refractivity contribution is 0.490. The standard InChI is InChI=1S/C7H11Cl2P/c8-10(9)7-4-5-1-2-6(7)3-5/h5-7H,1-4H2/t5-,6+,7-/m1/s1. The van der Waals surface area contributed by atoms with Crippen molar-refractivity contribution in [3.63, 3.8) is 0 Å². The third-order valence-electron chi connectivity index (χ3n) is 2.95. The van der Waals surface area contributed by atoms with E-state index in [9.17, 15) is 0 Å². The molecule has 0 aromatic rings. The zero-order chi connectivity index (χ0) is 7.14. The van der Waals surface area contributed by atoms with Crippen molar-refractivity contribution in [1.29, 1.82) is 0 Å². The molecule has 3 heteroatoms. The van der Waals surface area contributed by atoms with Gasteiger partial charge in [0.15, 0.2) is 0 Å². The normalized spacial score (nSPS) is 45.3. The minimum Gasteiger partial charge on any atom is -0.0778 e. The third-order valence-corrected chi connectivity index (χ3v) is 5.59. The van der Waals surface area contributed by atoms with Gasteiger partial charge in [0.1, 0.15) is 0 Å². The van der Waals surface area contributed by atoms with Crippen molar-refractivity contribution in [2.24, 2.45) is 11.8 Å². The Hall–Kier alpha value is 1.01. The highest BCUT2D eigenvalue weighted by Crippen LogP contribution is 2.63. The van der Waals surface area contributed by atoms with Crippen LogP contribution in [0.15, 0.2) is 0 Å². The van der Waals surface area contributed by atoms with Crippen LogP contribution in [0.3, 0.4) is 0 Å². The molecule has 0 unspecified atom stereocenters. The van der Waals surface area contributed by atoms with Gasteiger partial charge in [-0.15, -0.1) is 0 Å². The van der Waals surface area contributed by atoms with E-state index in [1.165, 1.54) is 25.7 Å². The fourth-order valence-corrected chi connectivity index (χ4v) is 4.93. The second-order valence-electron chi connectivity index (χ2n) is 3.50. The van der Waals surface area contributed by atoms with Crippen molar-refractivity contribution in [1.82, 2.24) is 0 Å². The van der Waals surface area contributed by atoms with Crippen LogP contribution >= 0.6 is 29.1 Å². The van der Waals surface area contributed by atoms with E-state index in [4.69, 9.17) is 22.5 Å². The number of hydrogen-bond donors (Lipinski definition) is 0. The molecule has 2 aliphatic rings. The number of hydrogen-bond acceptors (Lipinski definition) is 0. The molecule has 0 aliphatic heterocycles. The first-order valence-corrected chi connectivity index (χ1v) is 7.10. The van der Waals surface area contributed by atoms with Gasteiger partial charge in [0, 0.05) is 5.66 Å². The predicted octanol–water partition coefficient (Wildman–Crippen LogP) is 3.96. The average molecular weight is 197 g/mol. The summed E-state index contributed by atoms with van der Waals surface area (Å²) >= 11 is 11.8. The van der Waals surface area contributed by atoms with E-state index in [0.717, 1.165) is 11.8 Å². The Balaban J connectivity index is 2.02. The fourth-order valence-electron chi connectivity index (χ4n) is 2.45. The Kier molecular flexibility index (Phi) is 2.15. The van der Waals surface area contributed by atoms with Crippen molar-refractivity contribution in [3.05, 3.63) is 0 Å². The van der Waals surface area contributed by atoms with Gasteiger partial charge in [0.05, 0.1) is 6.63 Å². The molecule has 0 amide bonds. The van der Waals surface area contributed by atoms with Crippen LogP contribution in [0, 0.1) is 11.8 Å². The Morgan fingerprint density at radius 2 is 1.90 bits per heavy atom. The Labute approximate surface area is 72.6 Å². The summed E-state index contributed by atoms with van der Waals surface area (Å²) in [6.45, 7) is -0.672. The molecule has 0 aromatic carbocycles. The van der Waals surface area contributed by atoms with Crippen LogP contribution in [0.2, 0.25) is 0 Å². The first-order valence-electron chi connectivity index (χ1n) is 3.88. The van der Waals surface area contributed by atoms with Gasteiger partial charge in [0.25, 0.3) is 0 Å². The molecule has 0 radical (unpaired) electrons. The quantitative estimate of drug-likeness (QED) is 0.558. The van der Waals surface area contributed by atoms with E-state index in [1.807, 2.05) is 0 Å². The highest BCUT2D eigenvalue weighted by molar-refractivity contribution is 8.04. The highest BCUT2D eigenvalue weighted by Gasteiger charge is 2.42. The maximum atomic E-state index is 5.91. The van der Waals surface area contributed by atoms with E-state index in [2.05, 4.69) is 0 Å². The second kappa shape index (κ2) is 2.81. The first-order chi connectivity index (χ1) is 4.77. The lowest BCUT2D eigenvalue weighted by Crippen LogP contribution is -2.11. The molecule has 2 fully saturated rings. The summed E-state index contributed by atoms with van der Waals surface area (Å²) in [6, 6.07) is 0. The molecule has 0 N–H and O–H groups in total. The van der Waals surface area contributed by atoms with Crippen molar-refractivity contribution in [2.45, 2.75) is 31.3 Å². The largest absolute Gasteiger partial charge is 0.0889 e. The molecule has 58 valence electrons. The van der Waals surface area contributed by atoms with Crippen molar-refractivity contribution in [2.75, 3.05) is 0 Å². The molecule has 0 nitrogen and oxygen atoms in total. The highest BCUT2D eigenvalue weighted by atomic mass is 35.9. The summed E-state index contributed by atoms with van der Waals surface area (Å²) in [5.74, 6) is 1.88. The van der Waals surface area contributed by atoms with Crippen LogP contribution in [-0.2, 0) is 0 Å². The minimum absolute atomic E-state index is 0.672. The topological polar surface area (TPSA) is 0 Å². The number of fused-ring (bicyclic) bond motifs is 2.